The summed E-state index contributed by atoms with van der Waals surface area (Å²) in [4.78, 5) is 0. The van der Waals surface area contributed by atoms with Crippen LogP contribution in [0, 0.1) is 5.92 Å². The van der Waals surface area contributed by atoms with E-state index >= 15 is 0 Å². The van der Waals surface area contributed by atoms with Gasteiger partial charge in [0.25, 0.3) is 0 Å². The Morgan fingerprint density at radius 3 is 2.48 bits per heavy atom. The molecular formula is C19H25NO. The minimum Gasteiger partial charge on any atom is -0.496 e. The molecule has 0 bridgehead atoms. The summed E-state index contributed by atoms with van der Waals surface area (Å²) < 4.78 is 5.40. The lowest BCUT2D eigenvalue weighted by Crippen LogP contribution is -2.14. The first-order chi connectivity index (χ1) is 10.1. The van der Waals surface area contributed by atoms with Gasteiger partial charge in [-0.05, 0) is 41.5 Å². The van der Waals surface area contributed by atoms with Gasteiger partial charge < -0.3 is 10.5 Å². The largest absolute Gasteiger partial charge is 0.496 e. The Morgan fingerprint density at radius 1 is 1.00 bits per heavy atom. The van der Waals surface area contributed by atoms with Crippen LogP contribution in [0.4, 0.5) is 0 Å². The van der Waals surface area contributed by atoms with Crippen molar-refractivity contribution in [2.75, 3.05) is 7.11 Å². The van der Waals surface area contributed by atoms with E-state index < -0.39 is 0 Å². The minimum atomic E-state index is -0.00610. The topological polar surface area (TPSA) is 35.2 Å². The van der Waals surface area contributed by atoms with Gasteiger partial charge in [-0.25, -0.2) is 0 Å². The van der Waals surface area contributed by atoms with Crippen molar-refractivity contribution in [3.8, 4) is 5.75 Å². The van der Waals surface area contributed by atoms with Crippen LogP contribution < -0.4 is 10.5 Å². The van der Waals surface area contributed by atoms with Crippen molar-refractivity contribution in [1.29, 1.82) is 0 Å². The average Bonchev–Trinajstić information content (AvgIpc) is 2.47. The second-order valence-electron chi connectivity index (χ2n) is 5.97. The Balaban J connectivity index is 2.14. The summed E-state index contributed by atoms with van der Waals surface area (Å²) in [5.41, 5.74) is 10.1. The molecule has 0 aliphatic carbocycles. The van der Waals surface area contributed by atoms with Gasteiger partial charge >= 0.3 is 0 Å². The fourth-order valence-corrected chi connectivity index (χ4v) is 2.65. The molecule has 0 aliphatic heterocycles. The number of hydrogen-bond acceptors (Lipinski definition) is 2. The average molecular weight is 283 g/mol. The molecule has 2 N–H and O–H groups in total. The van der Waals surface area contributed by atoms with Crippen LogP contribution in [0.1, 0.15) is 36.6 Å². The standard InChI is InChI=1S/C19H25NO/c1-14(2)11-15-7-6-9-16(12-15)18(20)13-17-8-4-5-10-19(17)21-3/h4-10,12,14,18H,11,13,20H2,1-3H3. The molecule has 1 unspecified atom stereocenters. The fraction of sp³-hybridized carbons (Fsp3) is 0.368. The SMILES string of the molecule is COc1ccccc1CC(N)c1cccc(CC(C)C)c1. The normalized spacial score (nSPS) is 12.4. The Labute approximate surface area is 127 Å². The molecule has 1 atom stereocenters. The second kappa shape index (κ2) is 7.28. The molecule has 2 heteroatoms. The van der Waals surface area contributed by atoms with Gasteiger partial charge in [0.05, 0.1) is 7.11 Å². The number of nitrogens with two attached hydrogens (primary N) is 1. The van der Waals surface area contributed by atoms with Crippen molar-refractivity contribution in [2.45, 2.75) is 32.7 Å². The first kappa shape index (κ1) is 15.6. The van der Waals surface area contributed by atoms with Gasteiger partial charge in [0, 0.05) is 6.04 Å². The quantitative estimate of drug-likeness (QED) is 0.865. The zero-order valence-corrected chi connectivity index (χ0v) is 13.2. The second-order valence-corrected chi connectivity index (χ2v) is 5.97. The number of methoxy groups -OCH3 is 1. The zero-order valence-electron chi connectivity index (χ0n) is 13.2. The lowest BCUT2D eigenvalue weighted by atomic mass is 9.95. The minimum absolute atomic E-state index is 0.00610. The van der Waals surface area contributed by atoms with Crippen LogP contribution >= 0.6 is 0 Å². The number of hydrogen-bond donors (Lipinski definition) is 1. The summed E-state index contributed by atoms with van der Waals surface area (Å²) in [6.45, 7) is 4.48. The monoisotopic (exact) mass is 283 g/mol. The van der Waals surface area contributed by atoms with E-state index in [0.29, 0.717) is 5.92 Å². The third-order valence-corrected chi connectivity index (χ3v) is 3.66. The summed E-state index contributed by atoms with van der Waals surface area (Å²) in [5, 5.41) is 0. The van der Waals surface area contributed by atoms with E-state index in [-0.39, 0.29) is 6.04 Å². The van der Waals surface area contributed by atoms with Gasteiger partial charge in [0.1, 0.15) is 5.75 Å². The maximum Gasteiger partial charge on any atom is 0.122 e. The smallest absolute Gasteiger partial charge is 0.122 e. The highest BCUT2D eigenvalue weighted by atomic mass is 16.5. The van der Waals surface area contributed by atoms with Gasteiger partial charge in [-0.15, -0.1) is 0 Å². The fourth-order valence-electron chi connectivity index (χ4n) is 2.65. The number of ether oxygens (including phenoxy) is 1. The molecule has 2 rings (SSSR count). The Kier molecular flexibility index (Phi) is 5.40. The van der Waals surface area contributed by atoms with Crippen molar-refractivity contribution >= 4 is 0 Å². The van der Waals surface area contributed by atoms with Crippen LogP contribution in [-0.2, 0) is 12.8 Å². The first-order valence-corrected chi connectivity index (χ1v) is 7.56. The highest BCUT2D eigenvalue weighted by Crippen LogP contribution is 2.24. The van der Waals surface area contributed by atoms with E-state index in [2.05, 4.69) is 44.2 Å². The zero-order chi connectivity index (χ0) is 15.2. The Hall–Kier alpha value is -1.80. The van der Waals surface area contributed by atoms with Crippen molar-refractivity contribution in [1.82, 2.24) is 0 Å². The van der Waals surface area contributed by atoms with Gasteiger partial charge in [-0.3, -0.25) is 0 Å². The number of benzene rings is 2. The molecule has 0 fully saturated rings. The van der Waals surface area contributed by atoms with E-state index in [1.807, 2.05) is 18.2 Å². The summed E-state index contributed by atoms with van der Waals surface area (Å²) in [6.07, 6.45) is 1.88. The highest BCUT2D eigenvalue weighted by molar-refractivity contribution is 5.35. The number of rotatable bonds is 6. The van der Waals surface area contributed by atoms with E-state index in [4.69, 9.17) is 10.5 Å². The lowest BCUT2D eigenvalue weighted by molar-refractivity contribution is 0.408. The van der Waals surface area contributed by atoms with Crippen LogP contribution in [0.15, 0.2) is 48.5 Å². The molecule has 0 amide bonds. The van der Waals surface area contributed by atoms with Gasteiger partial charge in [0.15, 0.2) is 0 Å². The molecule has 0 radical (unpaired) electrons. The van der Waals surface area contributed by atoms with Gasteiger partial charge in [0.2, 0.25) is 0 Å². The molecule has 0 saturated heterocycles. The molecule has 0 saturated carbocycles. The summed E-state index contributed by atoms with van der Waals surface area (Å²) in [5.74, 6) is 1.57. The molecule has 112 valence electrons. The molecule has 0 aliphatic rings. The van der Waals surface area contributed by atoms with Crippen molar-refractivity contribution in [2.24, 2.45) is 11.7 Å². The van der Waals surface area contributed by atoms with E-state index in [9.17, 15) is 0 Å². The lowest BCUT2D eigenvalue weighted by Gasteiger charge is -2.16. The van der Waals surface area contributed by atoms with Crippen molar-refractivity contribution in [3.63, 3.8) is 0 Å². The Morgan fingerprint density at radius 2 is 1.76 bits per heavy atom. The third-order valence-electron chi connectivity index (χ3n) is 3.66. The maximum atomic E-state index is 6.39. The third kappa shape index (κ3) is 4.33. The van der Waals surface area contributed by atoms with E-state index in [0.717, 1.165) is 24.2 Å². The van der Waals surface area contributed by atoms with Gasteiger partial charge in [-0.2, -0.15) is 0 Å². The Bertz CT molecular complexity index is 577. The van der Waals surface area contributed by atoms with Gasteiger partial charge in [-0.1, -0.05) is 56.3 Å². The molecule has 2 nitrogen and oxygen atoms in total. The van der Waals surface area contributed by atoms with Crippen molar-refractivity contribution in [3.05, 3.63) is 65.2 Å². The predicted molar refractivity (Wildman–Crippen MR) is 88.6 cm³/mol. The highest BCUT2D eigenvalue weighted by Gasteiger charge is 2.11. The van der Waals surface area contributed by atoms with Crippen LogP contribution in [0.5, 0.6) is 5.75 Å². The first-order valence-electron chi connectivity index (χ1n) is 7.56. The molecule has 0 heterocycles. The molecule has 2 aromatic carbocycles. The van der Waals surface area contributed by atoms with Crippen LogP contribution in [-0.4, -0.2) is 7.11 Å². The summed E-state index contributed by atoms with van der Waals surface area (Å²) in [7, 11) is 1.70. The number of para-hydroxylation sites is 1. The molecule has 0 spiro atoms. The summed E-state index contributed by atoms with van der Waals surface area (Å²) in [6, 6.07) is 16.7. The predicted octanol–water partition coefficient (Wildman–Crippen LogP) is 4.14. The molecule has 2 aromatic rings. The summed E-state index contributed by atoms with van der Waals surface area (Å²) >= 11 is 0. The molecular weight excluding hydrogens is 258 g/mol. The van der Waals surface area contributed by atoms with Crippen LogP contribution in [0.3, 0.4) is 0 Å². The molecule has 0 aromatic heterocycles. The van der Waals surface area contributed by atoms with Crippen LogP contribution in [0.2, 0.25) is 0 Å². The van der Waals surface area contributed by atoms with Crippen molar-refractivity contribution < 1.29 is 4.74 Å². The molecule has 21 heavy (non-hydrogen) atoms. The van der Waals surface area contributed by atoms with E-state index in [1.165, 1.54) is 11.1 Å². The maximum absolute atomic E-state index is 6.39. The van der Waals surface area contributed by atoms with E-state index in [1.54, 1.807) is 7.11 Å². The van der Waals surface area contributed by atoms with Crippen LogP contribution in [0.25, 0.3) is 0 Å².